The van der Waals surface area contributed by atoms with Gasteiger partial charge in [-0.3, -0.25) is 9.59 Å². The molecule has 9 nitrogen and oxygen atoms in total. The van der Waals surface area contributed by atoms with E-state index in [0.717, 1.165) is 12.0 Å². The average molecular weight is 648 g/mol. The Kier molecular flexibility index (Phi) is 14.5. The maximum absolute atomic E-state index is 14.5. The number of ether oxygens (including phenoxy) is 2. The van der Waals surface area contributed by atoms with E-state index in [1.807, 2.05) is 51.1 Å². The van der Waals surface area contributed by atoms with E-state index in [1.165, 1.54) is 4.90 Å². The van der Waals surface area contributed by atoms with Gasteiger partial charge in [-0.25, -0.2) is 9.59 Å². The normalized spacial score (nSPS) is 13.5. The molecule has 0 bridgehead atoms. The first-order chi connectivity index (χ1) is 21.9. The number of carbonyl (C=O) groups is 4. The Labute approximate surface area is 281 Å². The minimum absolute atomic E-state index is 0.0384. The zero-order valence-electron chi connectivity index (χ0n) is 29.5. The molecule has 0 saturated carbocycles. The molecule has 256 valence electrons. The van der Waals surface area contributed by atoms with Gasteiger partial charge in [-0.1, -0.05) is 75.6 Å². The number of esters is 1. The maximum atomic E-state index is 14.5. The molecular weight excluding hydrogens is 594 g/mol. The molecule has 3 atom stereocenters. The Morgan fingerprint density at radius 2 is 1.45 bits per heavy atom. The van der Waals surface area contributed by atoms with Crippen LogP contribution in [0.1, 0.15) is 104 Å². The predicted molar refractivity (Wildman–Crippen MR) is 184 cm³/mol. The van der Waals surface area contributed by atoms with E-state index in [4.69, 9.17) is 15.9 Å². The molecule has 47 heavy (non-hydrogen) atoms. The van der Waals surface area contributed by atoms with Crippen molar-refractivity contribution >= 4 is 23.9 Å². The van der Waals surface area contributed by atoms with Crippen LogP contribution in [0.2, 0.25) is 0 Å². The van der Waals surface area contributed by atoms with Crippen molar-refractivity contribution in [1.82, 2.24) is 15.5 Å². The summed E-state index contributed by atoms with van der Waals surface area (Å²) in [4.78, 5) is 56.8. The summed E-state index contributed by atoms with van der Waals surface area (Å²) in [6.45, 7) is 16.6. The van der Waals surface area contributed by atoms with Crippen molar-refractivity contribution in [3.05, 3.63) is 71.3 Å². The Morgan fingerprint density at radius 3 is 1.96 bits per heavy atom. The molecule has 0 radical (unpaired) electrons. The first kappa shape index (κ1) is 38.9. The molecule has 0 heterocycles. The van der Waals surface area contributed by atoms with Gasteiger partial charge in [0.2, 0.25) is 11.8 Å². The highest BCUT2D eigenvalue weighted by atomic mass is 16.6. The largest absolute Gasteiger partial charge is 0.458 e. The molecule has 0 aliphatic rings. The topological polar surface area (TPSA) is 114 Å². The van der Waals surface area contributed by atoms with Crippen LogP contribution < -0.4 is 10.6 Å². The summed E-state index contributed by atoms with van der Waals surface area (Å²) < 4.78 is 11.2. The number of carbonyl (C=O) groups excluding carboxylic acids is 4. The number of amides is 3. The third-order valence-corrected chi connectivity index (χ3v) is 6.98. The van der Waals surface area contributed by atoms with Gasteiger partial charge in [-0.05, 0) is 83.6 Å². The van der Waals surface area contributed by atoms with E-state index in [2.05, 4.69) is 16.6 Å². The van der Waals surface area contributed by atoms with E-state index < -0.39 is 53.2 Å². The number of hydrogen-bond acceptors (Lipinski definition) is 6. The molecular formula is C38H53N3O6. The third-order valence-electron chi connectivity index (χ3n) is 6.98. The van der Waals surface area contributed by atoms with Crippen LogP contribution in [0.3, 0.4) is 0 Å². The van der Waals surface area contributed by atoms with Gasteiger partial charge in [0, 0.05) is 18.5 Å². The highest BCUT2D eigenvalue weighted by Crippen LogP contribution is 2.26. The van der Waals surface area contributed by atoms with Crippen molar-refractivity contribution in [3.8, 4) is 12.3 Å². The van der Waals surface area contributed by atoms with Gasteiger partial charge in [-0.15, -0.1) is 6.42 Å². The van der Waals surface area contributed by atoms with Crippen LogP contribution in [0.25, 0.3) is 0 Å². The lowest BCUT2D eigenvalue weighted by Crippen LogP contribution is -2.55. The summed E-state index contributed by atoms with van der Waals surface area (Å²) in [6.07, 6.45) is 6.73. The van der Waals surface area contributed by atoms with Gasteiger partial charge in [0.05, 0.1) is 0 Å². The van der Waals surface area contributed by atoms with E-state index in [0.29, 0.717) is 24.0 Å². The minimum Gasteiger partial charge on any atom is -0.458 e. The van der Waals surface area contributed by atoms with Crippen molar-refractivity contribution in [2.75, 3.05) is 6.54 Å². The molecule has 0 aliphatic heterocycles. The van der Waals surface area contributed by atoms with Crippen LogP contribution in [-0.2, 0) is 30.3 Å². The van der Waals surface area contributed by atoms with Gasteiger partial charge in [0.1, 0.15) is 29.3 Å². The molecule has 0 aliphatic carbocycles. The highest BCUT2D eigenvalue weighted by molar-refractivity contribution is 5.94. The molecule has 2 aromatic rings. The van der Waals surface area contributed by atoms with Crippen molar-refractivity contribution in [2.24, 2.45) is 5.92 Å². The fourth-order valence-electron chi connectivity index (χ4n) is 4.94. The van der Waals surface area contributed by atoms with Gasteiger partial charge in [0.25, 0.3) is 0 Å². The standard InChI is InChI=1S/C38H53N3O6/c1-11-13-23-41(34(43)30(24-26(3)4)40-36(45)47-38(8,9)10)32(29-21-19-27(12-2)20-22-29)33(42)39-31(35(44)46-37(5,6)7)25-28-17-15-14-16-18-28/h2,14-22,26,30-32H,11,13,23-25H2,1,3-10H3,(H,39,42)(H,40,45). The fourth-order valence-corrected chi connectivity index (χ4v) is 4.94. The monoisotopic (exact) mass is 647 g/mol. The number of terminal acetylenes is 1. The number of nitrogens with zero attached hydrogens (tertiary/aromatic N) is 1. The lowest BCUT2D eigenvalue weighted by atomic mass is 9.97. The second-order valence-electron chi connectivity index (χ2n) is 14.2. The fraction of sp³-hybridized carbons (Fsp3) is 0.526. The molecule has 3 amide bonds. The third kappa shape index (κ3) is 13.5. The summed E-state index contributed by atoms with van der Waals surface area (Å²) in [5, 5.41) is 5.68. The molecule has 0 aromatic heterocycles. The summed E-state index contributed by atoms with van der Waals surface area (Å²) >= 11 is 0. The first-order valence-electron chi connectivity index (χ1n) is 16.4. The Balaban J connectivity index is 2.63. The van der Waals surface area contributed by atoms with Crippen molar-refractivity contribution in [2.45, 2.75) is 117 Å². The molecule has 9 heteroatoms. The zero-order valence-corrected chi connectivity index (χ0v) is 29.5. The molecule has 2 rings (SSSR count). The summed E-state index contributed by atoms with van der Waals surface area (Å²) in [5.74, 6) is 1.03. The molecule has 2 N–H and O–H groups in total. The maximum Gasteiger partial charge on any atom is 0.408 e. The van der Waals surface area contributed by atoms with Gasteiger partial charge in [-0.2, -0.15) is 0 Å². The van der Waals surface area contributed by atoms with Crippen LogP contribution in [0, 0.1) is 18.3 Å². The molecule has 2 aromatic carbocycles. The summed E-state index contributed by atoms with van der Waals surface area (Å²) in [5.41, 5.74) is 0.389. The molecule has 0 spiro atoms. The molecule has 3 unspecified atom stereocenters. The van der Waals surface area contributed by atoms with Crippen molar-refractivity contribution in [3.63, 3.8) is 0 Å². The predicted octanol–water partition coefficient (Wildman–Crippen LogP) is 6.35. The number of hydrogen-bond donors (Lipinski definition) is 2. The van der Waals surface area contributed by atoms with Gasteiger partial charge < -0.3 is 25.0 Å². The van der Waals surface area contributed by atoms with E-state index >= 15 is 0 Å². The van der Waals surface area contributed by atoms with E-state index in [-0.39, 0.29) is 18.9 Å². The number of nitrogens with one attached hydrogen (secondary N) is 2. The van der Waals surface area contributed by atoms with Gasteiger partial charge >= 0.3 is 12.1 Å². The highest BCUT2D eigenvalue weighted by Gasteiger charge is 2.38. The second-order valence-corrected chi connectivity index (χ2v) is 14.2. The minimum atomic E-state index is -1.14. The summed E-state index contributed by atoms with van der Waals surface area (Å²) in [6, 6.07) is 13.0. The van der Waals surface area contributed by atoms with Crippen molar-refractivity contribution < 1.29 is 28.7 Å². The zero-order chi connectivity index (χ0) is 35.4. The second kappa shape index (κ2) is 17.6. The van der Waals surface area contributed by atoms with E-state index in [1.54, 1.807) is 65.8 Å². The quantitative estimate of drug-likeness (QED) is 0.183. The van der Waals surface area contributed by atoms with Crippen LogP contribution >= 0.6 is 0 Å². The van der Waals surface area contributed by atoms with E-state index in [9.17, 15) is 19.2 Å². The Bertz CT molecular complexity index is 1370. The van der Waals surface area contributed by atoms with Gasteiger partial charge in [0.15, 0.2) is 0 Å². The molecule has 0 saturated heterocycles. The Hall–Kier alpha value is -4.32. The lowest BCUT2D eigenvalue weighted by molar-refractivity contribution is -0.159. The smallest absolute Gasteiger partial charge is 0.408 e. The first-order valence-corrected chi connectivity index (χ1v) is 16.4. The van der Waals surface area contributed by atoms with Crippen LogP contribution in [-0.4, -0.2) is 58.6 Å². The number of alkyl carbamates (subject to hydrolysis) is 1. The van der Waals surface area contributed by atoms with Crippen molar-refractivity contribution in [1.29, 1.82) is 0 Å². The molecule has 0 fully saturated rings. The average Bonchev–Trinajstić information content (AvgIpc) is 2.96. The number of unbranched alkanes of at least 4 members (excludes halogenated alkanes) is 1. The lowest BCUT2D eigenvalue weighted by Gasteiger charge is -2.36. The SMILES string of the molecule is C#Cc1ccc(C(C(=O)NC(Cc2ccccc2)C(=O)OC(C)(C)C)N(CCCC)C(=O)C(CC(C)C)NC(=O)OC(C)(C)C)cc1. The number of rotatable bonds is 14. The van der Waals surface area contributed by atoms with Crippen LogP contribution in [0.4, 0.5) is 4.79 Å². The van der Waals surface area contributed by atoms with Crippen LogP contribution in [0.15, 0.2) is 54.6 Å². The van der Waals surface area contributed by atoms with Crippen LogP contribution in [0.5, 0.6) is 0 Å². The number of benzene rings is 2. The Morgan fingerprint density at radius 1 is 0.851 bits per heavy atom. The summed E-state index contributed by atoms with van der Waals surface area (Å²) in [7, 11) is 0.